The van der Waals surface area contributed by atoms with E-state index in [1.54, 1.807) is 4.90 Å². The first-order chi connectivity index (χ1) is 10.5. The van der Waals surface area contributed by atoms with Crippen molar-refractivity contribution in [2.75, 3.05) is 19.7 Å². The second-order valence-corrected chi connectivity index (χ2v) is 6.72. The Bertz CT molecular complexity index is 576. The van der Waals surface area contributed by atoms with Crippen molar-refractivity contribution in [2.45, 2.75) is 45.0 Å². The molecule has 2 N–H and O–H groups in total. The predicted octanol–water partition coefficient (Wildman–Crippen LogP) is 2.44. The van der Waals surface area contributed by atoms with Gasteiger partial charge in [0.15, 0.2) is 11.9 Å². The summed E-state index contributed by atoms with van der Waals surface area (Å²) in [6, 6.07) is 1.51. The van der Waals surface area contributed by atoms with Gasteiger partial charge in [0.2, 0.25) is 0 Å². The number of primary amides is 1. The first kappa shape index (κ1) is 17.8. The van der Waals surface area contributed by atoms with Crippen molar-refractivity contribution in [1.29, 1.82) is 0 Å². The van der Waals surface area contributed by atoms with Gasteiger partial charge in [-0.1, -0.05) is 20.8 Å². The highest BCUT2D eigenvalue weighted by atomic mass is 19.4. The molecule has 8 heteroatoms. The van der Waals surface area contributed by atoms with E-state index >= 15 is 0 Å². The molecule has 0 unspecified atom stereocenters. The van der Waals surface area contributed by atoms with Gasteiger partial charge in [-0.25, -0.2) is 0 Å². The van der Waals surface area contributed by atoms with Crippen molar-refractivity contribution in [3.63, 3.8) is 0 Å². The molecule has 1 aromatic rings. The molecule has 1 saturated heterocycles. The number of carbonyl (C=O) groups excluding carboxylic acids is 1. The Labute approximate surface area is 132 Å². The van der Waals surface area contributed by atoms with Crippen LogP contribution in [0.4, 0.5) is 13.2 Å². The van der Waals surface area contributed by atoms with Gasteiger partial charge < -0.3 is 14.9 Å². The van der Waals surface area contributed by atoms with E-state index in [1.165, 1.54) is 6.07 Å². The Morgan fingerprint density at radius 1 is 1.39 bits per heavy atom. The Balaban J connectivity index is 2.20. The SMILES string of the molecule is CC(C)(C)c1oc(C(N)=O)cc1CN1CCO[C@@H](C(F)(F)F)C1. The second-order valence-electron chi connectivity index (χ2n) is 6.72. The predicted molar refractivity (Wildman–Crippen MR) is 77.0 cm³/mol. The molecule has 130 valence electrons. The van der Waals surface area contributed by atoms with Crippen molar-refractivity contribution in [1.82, 2.24) is 4.90 Å². The van der Waals surface area contributed by atoms with Gasteiger partial charge in [-0.05, 0) is 6.07 Å². The third kappa shape index (κ3) is 4.26. The molecule has 0 bridgehead atoms. The number of amides is 1. The normalized spacial score (nSPS) is 20.7. The minimum atomic E-state index is -4.39. The van der Waals surface area contributed by atoms with E-state index in [4.69, 9.17) is 14.9 Å². The molecule has 1 aliphatic heterocycles. The molecule has 1 aromatic heterocycles. The van der Waals surface area contributed by atoms with Crippen LogP contribution in [0.2, 0.25) is 0 Å². The van der Waals surface area contributed by atoms with Crippen molar-refractivity contribution < 1.29 is 27.1 Å². The summed E-state index contributed by atoms with van der Waals surface area (Å²) in [7, 11) is 0. The number of nitrogens with zero attached hydrogens (tertiary/aromatic N) is 1. The fraction of sp³-hybridized carbons (Fsp3) is 0.667. The van der Waals surface area contributed by atoms with Crippen LogP contribution in [-0.4, -0.2) is 42.8 Å². The molecule has 2 rings (SSSR count). The number of nitrogens with two attached hydrogens (primary N) is 1. The van der Waals surface area contributed by atoms with Crippen LogP contribution in [-0.2, 0) is 16.7 Å². The molecule has 0 spiro atoms. The van der Waals surface area contributed by atoms with Crippen LogP contribution in [0.5, 0.6) is 0 Å². The summed E-state index contributed by atoms with van der Waals surface area (Å²) < 4.78 is 48.7. The third-order valence-electron chi connectivity index (χ3n) is 3.64. The number of carbonyl (C=O) groups is 1. The lowest BCUT2D eigenvalue weighted by Crippen LogP contribution is -2.48. The van der Waals surface area contributed by atoms with E-state index in [0.717, 1.165) is 0 Å². The van der Waals surface area contributed by atoms with E-state index in [-0.39, 0.29) is 25.5 Å². The molecule has 2 heterocycles. The quantitative estimate of drug-likeness (QED) is 0.922. The monoisotopic (exact) mass is 334 g/mol. The number of hydrogen-bond acceptors (Lipinski definition) is 4. The lowest BCUT2D eigenvalue weighted by atomic mass is 9.90. The van der Waals surface area contributed by atoms with Crippen LogP contribution in [0.25, 0.3) is 0 Å². The van der Waals surface area contributed by atoms with Crippen LogP contribution in [0, 0.1) is 0 Å². The van der Waals surface area contributed by atoms with Crippen molar-refractivity contribution in [3.05, 3.63) is 23.2 Å². The number of furan rings is 1. The molecule has 1 amide bonds. The number of halogens is 3. The molecule has 0 aliphatic carbocycles. The molecular formula is C15H21F3N2O3. The summed E-state index contributed by atoms with van der Waals surface area (Å²) in [5.74, 6) is -0.121. The van der Waals surface area contributed by atoms with E-state index in [9.17, 15) is 18.0 Å². The molecule has 1 fully saturated rings. The highest BCUT2D eigenvalue weighted by molar-refractivity contribution is 5.90. The Morgan fingerprint density at radius 2 is 2.04 bits per heavy atom. The Kier molecular flexibility index (Phi) is 4.77. The summed E-state index contributed by atoms with van der Waals surface area (Å²) in [5.41, 5.74) is 5.52. The van der Waals surface area contributed by atoms with Crippen LogP contribution in [0.1, 0.15) is 42.6 Å². The van der Waals surface area contributed by atoms with Gasteiger partial charge in [0.05, 0.1) is 6.61 Å². The van der Waals surface area contributed by atoms with Crippen LogP contribution < -0.4 is 5.73 Å². The highest BCUT2D eigenvalue weighted by Gasteiger charge is 2.43. The highest BCUT2D eigenvalue weighted by Crippen LogP contribution is 2.31. The van der Waals surface area contributed by atoms with Gasteiger partial charge in [-0.15, -0.1) is 0 Å². The van der Waals surface area contributed by atoms with Crippen molar-refractivity contribution in [3.8, 4) is 0 Å². The molecule has 23 heavy (non-hydrogen) atoms. The van der Waals surface area contributed by atoms with Gasteiger partial charge in [-0.2, -0.15) is 13.2 Å². The Hall–Kier alpha value is -1.54. The average molecular weight is 334 g/mol. The third-order valence-corrected chi connectivity index (χ3v) is 3.64. The van der Waals surface area contributed by atoms with Gasteiger partial charge in [0, 0.05) is 30.6 Å². The molecule has 5 nitrogen and oxygen atoms in total. The van der Waals surface area contributed by atoms with E-state index < -0.39 is 23.6 Å². The maximum atomic E-state index is 12.8. The zero-order chi connectivity index (χ0) is 17.4. The van der Waals surface area contributed by atoms with E-state index in [2.05, 4.69) is 0 Å². The first-order valence-electron chi connectivity index (χ1n) is 7.32. The topological polar surface area (TPSA) is 68.7 Å². The van der Waals surface area contributed by atoms with Gasteiger partial charge in [0.1, 0.15) is 5.76 Å². The van der Waals surface area contributed by atoms with Crippen molar-refractivity contribution >= 4 is 5.91 Å². The number of alkyl halides is 3. The number of hydrogen-bond donors (Lipinski definition) is 1. The molecule has 1 aliphatic rings. The maximum Gasteiger partial charge on any atom is 0.415 e. The molecular weight excluding hydrogens is 313 g/mol. The molecule has 0 radical (unpaired) electrons. The number of morpholine rings is 1. The second kappa shape index (κ2) is 6.16. The van der Waals surface area contributed by atoms with E-state index in [0.29, 0.717) is 17.9 Å². The summed E-state index contributed by atoms with van der Waals surface area (Å²) in [6.45, 7) is 6.10. The van der Waals surface area contributed by atoms with Crippen LogP contribution in [0.3, 0.4) is 0 Å². The average Bonchev–Trinajstić information content (AvgIpc) is 2.82. The summed E-state index contributed by atoms with van der Waals surface area (Å²) >= 11 is 0. The lowest BCUT2D eigenvalue weighted by Gasteiger charge is -2.34. The van der Waals surface area contributed by atoms with Crippen LogP contribution in [0.15, 0.2) is 10.5 Å². The first-order valence-corrected chi connectivity index (χ1v) is 7.32. The van der Waals surface area contributed by atoms with E-state index in [1.807, 2.05) is 20.8 Å². The molecule has 0 aromatic carbocycles. The van der Waals surface area contributed by atoms with Gasteiger partial charge in [-0.3, -0.25) is 9.69 Å². The summed E-state index contributed by atoms with van der Waals surface area (Å²) in [6.07, 6.45) is -6.18. The minimum Gasteiger partial charge on any atom is -0.455 e. The lowest BCUT2D eigenvalue weighted by molar-refractivity contribution is -0.237. The number of ether oxygens (including phenoxy) is 1. The molecule has 0 saturated carbocycles. The van der Waals surface area contributed by atoms with Crippen LogP contribution >= 0.6 is 0 Å². The standard InChI is InChI=1S/C15H21F3N2O3/c1-14(2,3)12-9(6-10(23-12)13(19)21)7-20-4-5-22-11(8-20)15(16,17)18/h6,11H,4-5,7-8H2,1-3H3,(H2,19,21)/t11-/m1/s1. The fourth-order valence-electron chi connectivity index (χ4n) is 2.59. The Morgan fingerprint density at radius 3 is 2.57 bits per heavy atom. The van der Waals surface area contributed by atoms with Gasteiger partial charge in [0.25, 0.3) is 5.91 Å². The fourth-order valence-corrected chi connectivity index (χ4v) is 2.59. The maximum absolute atomic E-state index is 12.8. The zero-order valence-electron chi connectivity index (χ0n) is 13.4. The summed E-state index contributed by atoms with van der Waals surface area (Å²) in [5, 5.41) is 0. The van der Waals surface area contributed by atoms with Crippen molar-refractivity contribution in [2.24, 2.45) is 5.73 Å². The van der Waals surface area contributed by atoms with Gasteiger partial charge >= 0.3 is 6.18 Å². The largest absolute Gasteiger partial charge is 0.455 e. The minimum absolute atomic E-state index is 0.00948. The smallest absolute Gasteiger partial charge is 0.415 e. The zero-order valence-corrected chi connectivity index (χ0v) is 13.4. The molecule has 1 atom stereocenters. The number of rotatable bonds is 3. The summed E-state index contributed by atoms with van der Waals surface area (Å²) in [4.78, 5) is 13.0.